The van der Waals surface area contributed by atoms with Crippen LogP contribution in [0.1, 0.15) is 11.4 Å². The second kappa shape index (κ2) is 5.75. The first-order valence-corrected chi connectivity index (χ1v) is 7.06. The Hall–Kier alpha value is -2.34. The van der Waals surface area contributed by atoms with E-state index in [1.807, 2.05) is 36.7 Å². The molecule has 0 aliphatic carbocycles. The fourth-order valence-corrected chi connectivity index (χ4v) is 2.55. The molecular formula is C14H13N5S. The molecule has 100 valence electrons. The number of aromatic nitrogens is 4. The first-order valence-electron chi connectivity index (χ1n) is 6.18. The maximum atomic E-state index is 4.59. The van der Waals surface area contributed by atoms with Crippen LogP contribution in [0.5, 0.6) is 0 Å². The third-order valence-corrected chi connectivity index (χ3v) is 3.65. The smallest absolute Gasteiger partial charge is 0.129 e. The molecule has 0 aromatic carbocycles. The Morgan fingerprint density at radius 3 is 3.05 bits per heavy atom. The molecule has 0 bridgehead atoms. The number of anilines is 1. The maximum absolute atomic E-state index is 4.59. The third-order valence-electron chi connectivity index (χ3n) is 2.71. The predicted molar refractivity (Wildman–Crippen MR) is 79.4 cm³/mol. The van der Waals surface area contributed by atoms with Gasteiger partial charge in [0.25, 0.3) is 0 Å². The zero-order valence-corrected chi connectivity index (χ0v) is 11.8. The van der Waals surface area contributed by atoms with Crippen molar-refractivity contribution in [3.05, 3.63) is 53.7 Å². The van der Waals surface area contributed by atoms with Gasteiger partial charge in [-0.2, -0.15) is 0 Å². The van der Waals surface area contributed by atoms with Gasteiger partial charge in [0.05, 0.1) is 12.2 Å². The van der Waals surface area contributed by atoms with Crippen LogP contribution >= 0.6 is 11.3 Å². The van der Waals surface area contributed by atoms with Crippen molar-refractivity contribution in [3.63, 3.8) is 0 Å². The van der Waals surface area contributed by atoms with Gasteiger partial charge < -0.3 is 5.32 Å². The highest BCUT2D eigenvalue weighted by Crippen LogP contribution is 2.22. The fraction of sp³-hybridized carbons (Fsp3) is 0.143. The minimum absolute atomic E-state index is 0.646. The Morgan fingerprint density at radius 2 is 2.25 bits per heavy atom. The molecular weight excluding hydrogens is 270 g/mol. The Bertz CT molecular complexity index is 696. The fourth-order valence-electron chi connectivity index (χ4n) is 1.74. The van der Waals surface area contributed by atoms with Crippen molar-refractivity contribution in [3.8, 4) is 10.6 Å². The molecule has 0 unspecified atom stereocenters. The van der Waals surface area contributed by atoms with Crippen LogP contribution < -0.4 is 5.32 Å². The number of hydrogen-bond donors (Lipinski definition) is 1. The summed E-state index contributed by atoms with van der Waals surface area (Å²) in [5, 5.41) is 6.27. The number of hydrogen-bond acceptors (Lipinski definition) is 6. The molecule has 3 rings (SSSR count). The van der Waals surface area contributed by atoms with Crippen molar-refractivity contribution in [2.24, 2.45) is 0 Å². The molecule has 1 N–H and O–H groups in total. The molecule has 0 radical (unpaired) electrons. The van der Waals surface area contributed by atoms with Gasteiger partial charge >= 0.3 is 0 Å². The van der Waals surface area contributed by atoms with E-state index in [0.717, 1.165) is 27.8 Å². The van der Waals surface area contributed by atoms with E-state index in [0.29, 0.717) is 6.54 Å². The molecule has 0 fully saturated rings. The highest BCUT2D eigenvalue weighted by Gasteiger charge is 2.05. The quantitative estimate of drug-likeness (QED) is 0.797. The van der Waals surface area contributed by atoms with E-state index in [2.05, 4.69) is 25.3 Å². The number of rotatable bonds is 4. The summed E-state index contributed by atoms with van der Waals surface area (Å²) in [6.07, 6.45) is 5.14. The summed E-state index contributed by atoms with van der Waals surface area (Å²) in [6, 6.07) is 5.84. The molecule has 6 heteroatoms. The number of nitrogens with zero attached hydrogens (tertiary/aromatic N) is 4. The van der Waals surface area contributed by atoms with Crippen LogP contribution in [0.2, 0.25) is 0 Å². The number of nitrogens with one attached hydrogen (secondary N) is 1. The monoisotopic (exact) mass is 283 g/mol. The molecule has 3 heterocycles. The van der Waals surface area contributed by atoms with Crippen molar-refractivity contribution in [2.45, 2.75) is 13.5 Å². The average Bonchev–Trinajstić information content (AvgIpc) is 2.95. The summed E-state index contributed by atoms with van der Waals surface area (Å²) in [6.45, 7) is 2.59. The van der Waals surface area contributed by atoms with Gasteiger partial charge in [0, 0.05) is 35.1 Å². The van der Waals surface area contributed by atoms with Crippen LogP contribution in [-0.4, -0.2) is 19.9 Å². The summed E-state index contributed by atoms with van der Waals surface area (Å²) in [7, 11) is 0. The van der Waals surface area contributed by atoms with Crippen LogP contribution in [-0.2, 0) is 6.54 Å². The van der Waals surface area contributed by atoms with Gasteiger partial charge in [-0.25, -0.2) is 15.0 Å². The molecule has 5 nitrogen and oxygen atoms in total. The van der Waals surface area contributed by atoms with E-state index in [4.69, 9.17) is 0 Å². The number of pyridine rings is 1. The summed E-state index contributed by atoms with van der Waals surface area (Å²) < 4.78 is 0. The lowest BCUT2D eigenvalue weighted by Gasteiger charge is -2.03. The van der Waals surface area contributed by atoms with Gasteiger partial charge in [-0.05, 0) is 19.1 Å². The van der Waals surface area contributed by atoms with Crippen molar-refractivity contribution < 1.29 is 0 Å². The minimum Gasteiger partial charge on any atom is -0.364 e. The SMILES string of the molecule is Cc1cc(NCc2csc(-c3cccnc3)n2)ncn1. The molecule has 3 aromatic heterocycles. The Morgan fingerprint density at radius 1 is 1.30 bits per heavy atom. The van der Waals surface area contributed by atoms with Crippen molar-refractivity contribution in [2.75, 3.05) is 5.32 Å². The van der Waals surface area contributed by atoms with Crippen molar-refractivity contribution in [1.82, 2.24) is 19.9 Å². The first-order chi connectivity index (χ1) is 9.81. The summed E-state index contributed by atoms with van der Waals surface area (Å²) in [5.41, 5.74) is 2.98. The lowest BCUT2D eigenvalue weighted by atomic mass is 10.3. The van der Waals surface area contributed by atoms with E-state index in [9.17, 15) is 0 Å². The van der Waals surface area contributed by atoms with Gasteiger partial charge in [-0.3, -0.25) is 4.98 Å². The summed E-state index contributed by atoms with van der Waals surface area (Å²) >= 11 is 1.62. The predicted octanol–water partition coefficient (Wildman–Crippen LogP) is 2.92. The Balaban J connectivity index is 1.69. The maximum Gasteiger partial charge on any atom is 0.129 e. The third kappa shape index (κ3) is 2.97. The normalized spacial score (nSPS) is 10.4. The van der Waals surface area contributed by atoms with Crippen molar-refractivity contribution >= 4 is 17.2 Å². The summed E-state index contributed by atoms with van der Waals surface area (Å²) in [5.74, 6) is 0.813. The molecule has 0 saturated carbocycles. The second-order valence-electron chi connectivity index (χ2n) is 4.28. The van der Waals surface area contributed by atoms with Crippen LogP contribution in [0.25, 0.3) is 10.6 Å². The molecule has 0 aliphatic heterocycles. The molecule has 0 aliphatic rings. The highest BCUT2D eigenvalue weighted by molar-refractivity contribution is 7.13. The topological polar surface area (TPSA) is 63.6 Å². The van der Waals surface area contributed by atoms with E-state index < -0.39 is 0 Å². The van der Waals surface area contributed by atoms with E-state index in [1.54, 1.807) is 23.9 Å². The van der Waals surface area contributed by atoms with Crippen molar-refractivity contribution in [1.29, 1.82) is 0 Å². The van der Waals surface area contributed by atoms with E-state index in [-0.39, 0.29) is 0 Å². The van der Waals surface area contributed by atoms with Crippen LogP contribution in [0.3, 0.4) is 0 Å². The van der Waals surface area contributed by atoms with Crippen LogP contribution in [0.4, 0.5) is 5.82 Å². The Labute approximate surface area is 120 Å². The number of aryl methyl sites for hydroxylation is 1. The largest absolute Gasteiger partial charge is 0.364 e. The highest BCUT2D eigenvalue weighted by atomic mass is 32.1. The minimum atomic E-state index is 0.646. The van der Waals surface area contributed by atoms with Gasteiger partial charge in [0.2, 0.25) is 0 Å². The molecule has 3 aromatic rings. The lowest BCUT2D eigenvalue weighted by Crippen LogP contribution is -2.02. The number of thiazole rings is 1. The standard InChI is InChI=1S/C14H13N5S/c1-10-5-13(18-9-17-10)16-7-12-8-20-14(19-12)11-3-2-4-15-6-11/h2-6,8-9H,7H2,1H3,(H,16,17,18). The molecule has 0 spiro atoms. The summed E-state index contributed by atoms with van der Waals surface area (Å²) in [4.78, 5) is 16.9. The molecule has 0 atom stereocenters. The van der Waals surface area contributed by atoms with E-state index in [1.165, 1.54) is 0 Å². The van der Waals surface area contributed by atoms with Crippen LogP contribution in [0, 0.1) is 6.92 Å². The second-order valence-corrected chi connectivity index (χ2v) is 5.14. The van der Waals surface area contributed by atoms with Gasteiger partial charge in [-0.15, -0.1) is 11.3 Å². The molecule has 20 heavy (non-hydrogen) atoms. The zero-order chi connectivity index (χ0) is 13.8. The van der Waals surface area contributed by atoms with Gasteiger partial charge in [0.15, 0.2) is 0 Å². The average molecular weight is 283 g/mol. The van der Waals surface area contributed by atoms with E-state index >= 15 is 0 Å². The molecule has 0 amide bonds. The van der Waals surface area contributed by atoms with Gasteiger partial charge in [0.1, 0.15) is 17.2 Å². The zero-order valence-electron chi connectivity index (χ0n) is 10.9. The molecule has 0 saturated heterocycles. The first kappa shape index (κ1) is 12.7. The lowest BCUT2D eigenvalue weighted by molar-refractivity contribution is 1.03. The van der Waals surface area contributed by atoms with Gasteiger partial charge in [-0.1, -0.05) is 0 Å². The Kier molecular flexibility index (Phi) is 3.64. The van der Waals surface area contributed by atoms with Crippen LogP contribution in [0.15, 0.2) is 42.3 Å².